The minimum atomic E-state index is 0. The number of hydrogen-bond acceptors (Lipinski definition) is 3. The number of nitrogens with two attached hydrogens (primary N) is 1. The second kappa shape index (κ2) is 7.14. The number of aromatic nitrogens is 2. The Balaban J connectivity index is 0.00000182. The highest BCUT2D eigenvalue weighted by molar-refractivity contribution is 5.86. The number of piperidine rings is 1. The maximum atomic E-state index is 4.85. The minimum absolute atomic E-state index is 0. The van der Waals surface area contributed by atoms with Crippen LogP contribution in [0.4, 0.5) is 11.5 Å². The molecule has 5 heteroatoms. The van der Waals surface area contributed by atoms with Crippen LogP contribution in [-0.4, -0.2) is 22.1 Å². The molecule has 0 spiro atoms. The molecule has 1 saturated heterocycles. The van der Waals surface area contributed by atoms with Crippen molar-refractivity contribution in [1.29, 1.82) is 0 Å². The van der Waals surface area contributed by atoms with E-state index in [9.17, 15) is 0 Å². The van der Waals surface area contributed by atoms with Crippen LogP contribution in [0.2, 0.25) is 0 Å². The van der Waals surface area contributed by atoms with Crippen molar-refractivity contribution in [2.24, 2.45) is 0 Å². The van der Waals surface area contributed by atoms with Crippen LogP contribution in [0.25, 0.3) is 11.8 Å². The Kier molecular flexibility index (Phi) is 5.11. The van der Waals surface area contributed by atoms with Gasteiger partial charge < -0.3 is 17.3 Å². The average molecular weight is 357 g/mol. The number of rotatable bonds is 2. The topological polar surface area (TPSA) is 45.6 Å². The van der Waals surface area contributed by atoms with E-state index < -0.39 is 0 Å². The van der Waals surface area contributed by atoms with Gasteiger partial charge in [0.25, 0.3) is 0 Å². The summed E-state index contributed by atoms with van der Waals surface area (Å²) < 4.78 is 0. The molecule has 1 aromatic heterocycles. The van der Waals surface area contributed by atoms with E-state index in [2.05, 4.69) is 65.5 Å². The Morgan fingerprint density at radius 2 is 1.72 bits per heavy atom. The first-order valence-electron chi connectivity index (χ1n) is 8.92. The molecule has 2 aromatic rings. The highest BCUT2D eigenvalue weighted by atomic mass is 35.5. The smallest absolute Gasteiger partial charge is 0.203 e. The van der Waals surface area contributed by atoms with Gasteiger partial charge in [-0.15, -0.1) is 0 Å². The average Bonchev–Trinajstić information content (AvgIpc) is 2.99. The molecule has 2 aliphatic rings. The van der Waals surface area contributed by atoms with E-state index in [0.717, 1.165) is 17.3 Å². The van der Waals surface area contributed by atoms with Crippen LogP contribution < -0.4 is 22.6 Å². The summed E-state index contributed by atoms with van der Waals surface area (Å²) in [5, 5.41) is 2.26. The number of quaternary nitrogens is 1. The van der Waals surface area contributed by atoms with E-state index in [1.54, 1.807) is 0 Å². The highest BCUT2D eigenvalue weighted by Gasteiger charge is 2.33. The van der Waals surface area contributed by atoms with Crippen molar-refractivity contribution in [2.45, 2.75) is 52.1 Å². The van der Waals surface area contributed by atoms with Crippen LogP contribution in [0.1, 0.15) is 50.2 Å². The molecule has 0 aliphatic carbocycles. The van der Waals surface area contributed by atoms with Crippen molar-refractivity contribution in [1.82, 2.24) is 9.97 Å². The number of hydrogen-bond donors (Lipinski definition) is 1. The van der Waals surface area contributed by atoms with Crippen LogP contribution in [0.15, 0.2) is 30.3 Å². The first-order valence-corrected chi connectivity index (χ1v) is 8.92. The molecule has 0 unspecified atom stereocenters. The van der Waals surface area contributed by atoms with E-state index in [-0.39, 0.29) is 12.4 Å². The summed E-state index contributed by atoms with van der Waals surface area (Å²) in [6, 6.07) is 11.6. The fourth-order valence-corrected chi connectivity index (χ4v) is 4.01. The third-order valence-corrected chi connectivity index (χ3v) is 5.20. The zero-order valence-electron chi connectivity index (χ0n) is 15.0. The van der Waals surface area contributed by atoms with Crippen molar-refractivity contribution in [3.63, 3.8) is 0 Å². The van der Waals surface area contributed by atoms with Crippen LogP contribution in [0.5, 0.6) is 0 Å². The molecular formula is C20H25ClN4. The summed E-state index contributed by atoms with van der Waals surface area (Å²) in [5.74, 6) is 1.96. The van der Waals surface area contributed by atoms with Crippen LogP contribution >= 0.6 is 0 Å². The fourth-order valence-electron chi connectivity index (χ4n) is 4.01. The molecule has 25 heavy (non-hydrogen) atoms. The van der Waals surface area contributed by atoms with Gasteiger partial charge >= 0.3 is 0 Å². The first-order chi connectivity index (χ1) is 11.6. The zero-order valence-corrected chi connectivity index (χ0v) is 15.8. The Morgan fingerprint density at radius 3 is 2.40 bits per heavy atom. The van der Waals surface area contributed by atoms with E-state index in [1.807, 2.05) is 6.92 Å². The summed E-state index contributed by atoms with van der Waals surface area (Å²) in [4.78, 5) is 12.0. The molecule has 4 nitrogen and oxygen atoms in total. The Morgan fingerprint density at radius 1 is 1.04 bits per heavy atom. The molecule has 1 aromatic carbocycles. The van der Waals surface area contributed by atoms with Crippen molar-refractivity contribution in [2.75, 3.05) is 4.90 Å². The lowest BCUT2D eigenvalue weighted by Crippen LogP contribution is -3.00. The predicted octanol–water partition coefficient (Wildman–Crippen LogP) is 0.263. The standard InChI is InChI=1S/C20H24N4.ClH/c1-13-8-7-9-14(2)24(13)20-19-18(21-15(3)22-20)12-17(23-19)16-10-5-4-6-11-16;/h4-6,10-14,23H,7-9H2,1-3H3;1H/t13-,14+;. The maximum Gasteiger partial charge on any atom is 0.203 e. The van der Waals surface area contributed by atoms with Gasteiger partial charge in [0.15, 0.2) is 5.82 Å². The molecule has 3 heterocycles. The quantitative estimate of drug-likeness (QED) is 0.839. The number of benzene rings is 1. The lowest BCUT2D eigenvalue weighted by atomic mass is 9.97. The molecule has 132 valence electrons. The van der Waals surface area contributed by atoms with Crippen LogP contribution in [-0.2, 0) is 0 Å². The van der Waals surface area contributed by atoms with Gasteiger partial charge in [-0.05, 0) is 52.2 Å². The zero-order chi connectivity index (χ0) is 16.7. The fraction of sp³-hybridized carbons (Fsp3) is 0.400. The lowest BCUT2D eigenvalue weighted by molar-refractivity contribution is -0.464. The summed E-state index contributed by atoms with van der Waals surface area (Å²) in [6.45, 7) is 6.64. The number of halogens is 1. The molecular weight excluding hydrogens is 332 g/mol. The van der Waals surface area contributed by atoms with Gasteiger partial charge in [0.05, 0.1) is 0 Å². The summed E-state index contributed by atoms with van der Waals surface area (Å²) >= 11 is 0. The van der Waals surface area contributed by atoms with E-state index in [4.69, 9.17) is 4.98 Å². The Bertz CT molecular complexity index is 778. The van der Waals surface area contributed by atoms with Gasteiger partial charge in [0.1, 0.15) is 17.2 Å². The Hall–Kier alpha value is -1.91. The maximum absolute atomic E-state index is 4.85. The lowest BCUT2D eigenvalue weighted by Gasteiger charge is -2.40. The van der Waals surface area contributed by atoms with Gasteiger partial charge in [-0.25, -0.2) is 9.97 Å². The van der Waals surface area contributed by atoms with Gasteiger partial charge in [-0.3, -0.25) is 5.32 Å². The third-order valence-electron chi connectivity index (χ3n) is 5.20. The van der Waals surface area contributed by atoms with Crippen LogP contribution in [0, 0.1) is 6.92 Å². The number of aryl methyl sites for hydroxylation is 1. The normalized spacial score (nSPS) is 22.2. The second-order valence-corrected chi connectivity index (χ2v) is 7.04. The third kappa shape index (κ3) is 3.29. The van der Waals surface area contributed by atoms with Gasteiger partial charge in [0.2, 0.25) is 5.69 Å². The molecule has 2 aliphatic heterocycles. The number of fused-ring (bicyclic) bond motifs is 1. The monoisotopic (exact) mass is 356 g/mol. The molecule has 0 bridgehead atoms. The molecule has 0 amide bonds. The van der Waals surface area contributed by atoms with Crippen molar-refractivity contribution < 1.29 is 17.7 Å². The molecule has 2 atom stereocenters. The molecule has 1 fully saturated rings. The van der Waals surface area contributed by atoms with E-state index in [1.165, 1.54) is 36.2 Å². The van der Waals surface area contributed by atoms with Gasteiger partial charge in [-0.2, -0.15) is 0 Å². The van der Waals surface area contributed by atoms with E-state index >= 15 is 0 Å². The number of anilines is 1. The molecule has 0 radical (unpaired) electrons. The SMILES string of the molecule is Cc1nc2c(c(N3[C@H](C)CCC[C@@H]3C)n1)[NH2+]C(c1ccccc1)=C2.[Cl-]. The highest BCUT2D eigenvalue weighted by Crippen LogP contribution is 2.35. The molecule has 4 rings (SSSR count). The largest absolute Gasteiger partial charge is 1.00 e. The molecule has 0 saturated carbocycles. The van der Waals surface area contributed by atoms with Gasteiger partial charge in [-0.1, -0.05) is 18.2 Å². The summed E-state index contributed by atoms with van der Waals surface area (Å²) in [5.41, 5.74) is 4.70. The predicted molar refractivity (Wildman–Crippen MR) is 97.9 cm³/mol. The minimum Gasteiger partial charge on any atom is -1.00 e. The van der Waals surface area contributed by atoms with Crippen molar-refractivity contribution >= 4 is 23.3 Å². The first kappa shape index (κ1) is 17.9. The number of nitrogens with zero attached hydrogens (tertiary/aromatic N) is 3. The van der Waals surface area contributed by atoms with Crippen molar-refractivity contribution in [3.05, 3.63) is 47.4 Å². The summed E-state index contributed by atoms with van der Waals surface area (Å²) in [6.07, 6.45) is 5.98. The van der Waals surface area contributed by atoms with E-state index in [0.29, 0.717) is 12.1 Å². The van der Waals surface area contributed by atoms with Crippen molar-refractivity contribution in [3.8, 4) is 0 Å². The summed E-state index contributed by atoms with van der Waals surface area (Å²) in [7, 11) is 0. The van der Waals surface area contributed by atoms with Crippen LogP contribution in [0.3, 0.4) is 0 Å². The van der Waals surface area contributed by atoms with Gasteiger partial charge in [0, 0.05) is 23.7 Å². The molecule has 2 N–H and O–H groups in total. The second-order valence-electron chi connectivity index (χ2n) is 7.04. The Labute approximate surface area is 155 Å².